The van der Waals surface area contributed by atoms with Gasteiger partial charge in [0, 0.05) is 0 Å². The molecule has 0 rings (SSSR count). The molecule has 0 radical (unpaired) electrons. The monoisotopic (exact) mass is 142 g/mol. The summed E-state index contributed by atoms with van der Waals surface area (Å²) in [6, 6.07) is 0. The molecule has 0 atom stereocenters. The molecule has 56 valence electrons. The maximum absolute atomic E-state index is 10.4. The fourth-order valence-corrected chi connectivity index (χ4v) is 0.376. The van der Waals surface area contributed by atoms with E-state index >= 15 is 0 Å². The lowest BCUT2D eigenvalue weighted by Gasteiger charge is -1.91. The van der Waals surface area contributed by atoms with E-state index in [0.29, 0.717) is 11.9 Å². The Hall–Kier alpha value is -1.12. The van der Waals surface area contributed by atoms with Crippen molar-refractivity contribution in [2.24, 2.45) is 0 Å². The highest BCUT2D eigenvalue weighted by atomic mass is 16.5. The Balaban J connectivity index is 3.71. The highest BCUT2D eigenvalue weighted by Gasteiger charge is 1.94. The van der Waals surface area contributed by atoms with Crippen LogP contribution in [-0.4, -0.2) is 19.4 Å². The smallest absolute Gasteiger partial charge is 0.309 e. The summed E-state index contributed by atoms with van der Waals surface area (Å²) < 4.78 is 4.35. The van der Waals surface area contributed by atoms with Crippen LogP contribution in [0, 0.1) is 0 Å². The predicted octanol–water partition coefficient (Wildman–Crippen LogP) is 0.695. The number of ether oxygens (including phenoxy) is 1. The number of esters is 1. The zero-order valence-electron chi connectivity index (χ0n) is 6.09. The van der Waals surface area contributed by atoms with Gasteiger partial charge in [-0.3, -0.25) is 9.59 Å². The second kappa shape index (κ2) is 4.73. The third-order valence-corrected chi connectivity index (χ3v) is 1.00. The quantitative estimate of drug-likeness (QED) is 0.331. The number of allylic oxidation sites excluding steroid dienone is 1. The molecule has 3 nitrogen and oxygen atoms in total. The van der Waals surface area contributed by atoms with Gasteiger partial charge in [-0.1, -0.05) is 6.08 Å². The first kappa shape index (κ1) is 8.88. The van der Waals surface area contributed by atoms with E-state index < -0.39 is 0 Å². The molecule has 0 saturated carbocycles. The van der Waals surface area contributed by atoms with Crippen LogP contribution in [0.15, 0.2) is 11.6 Å². The zero-order valence-corrected chi connectivity index (χ0v) is 6.09. The zero-order chi connectivity index (χ0) is 7.98. The Labute approximate surface area is 59.7 Å². The Morgan fingerprint density at radius 3 is 2.60 bits per heavy atom. The molecular weight excluding hydrogens is 132 g/mol. The van der Waals surface area contributed by atoms with Crippen molar-refractivity contribution in [2.75, 3.05) is 7.11 Å². The average molecular weight is 142 g/mol. The minimum atomic E-state index is -0.332. The number of rotatable bonds is 3. The summed E-state index contributed by atoms with van der Waals surface area (Å²) in [5, 5.41) is 0. The largest absolute Gasteiger partial charge is 0.469 e. The van der Waals surface area contributed by atoms with Gasteiger partial charge in [0.25, 0.3) is 0 Å². The summed E-state index contributed by atoms with van der Waals surface area (Å²) in [5.41, 5.74) is 0.547. The first-order valence-electron chi connectivity index (χ1n) is 2.89. The van der Waals surface area contributed by atoms with Crippen LogP contribution in [0.2, 0.25) is 0 Å². The molecule has 0 aliphatic rings. The predicted molar refractivity (Wildman–Crippen MR) is 36.5 cm³/mol. The first-order chi connectivity index (χ1) is 4.70. The maximum Gasteiger partial charge on any atom is 0.309 e. The van der Waals surface area contributed by atoms with Gasteiger partial charge in [0.1, 0.15) is 6.29 Å². The van der Waals surface area contributed by atoms with E-state index in [1.807, 2.05) is 0 Å². The summed E-state index contributed by atoms with van der Waals surface area (Å²) in [7, 11) is 1.31. The number of hydrogen-bond donors (Lipinski definition) is 0. The van der Waals surface area contributed by atoms with Crippen LogP contribution in [-0.2, 0) is 14.3 Å². The molecule has 0 fully saturated rings. The Morgan fingerprint density at radius 2 is 2.20 bits per heavy atom. The molecule has 0 heterocycles. The Kier molecular flexibility index (Phi) is 4.20. The average Bonchev–Trinajstić information content (AvgIpc) is 1.99. The Morgan fingerprint density at radius 1 is 1.60 bits per heavy atom. The van der Waals surface area contributed by atoms with Gasteiger partial charge in [-0.25, -0.2) is 0 Å². The van der Waals surface area contributed by atoms with E-state index in [-0.39, 0.29) is 12.4 Å². The summed E-state index contributed by atoms with van der Waals surface area (Å²) >= 11 is 0. The lowest BCUT2D eigenvalue weighted by molar-refractivity contribution is -0.139. The molecule has 0 N–H and O–H groups in total. The lowest BCUT2D eigenvalue weighted by Crippen LogP contribution is -1.97. The van der Waals surface area contributed by atoms with Crippen LogP contribution in [0.1, 0.15) is 13.3 Å². The molecule has 0 spiro atoms. The fraction of sp³-hybridized carbons (Fsp3) is 0.429. The van der Waals surface area contributed by atoms with E-state index in [9.17, 15) is 9.59 Å². The topological polar surface area (TPSA) is 43.4 Å². The number of carbonyl (C=O) groups excluding carboxylic acids is 2. The van der Waals surface area contributed by atoms with Gasteiger partial charge in [-0.15, -0.1) is 0 Å². The van der Waals surface area contributed by atoms with Crippen LogP contribution >= 0.6 is 0 Å². The van der Waals surface area contributed by atoms with E-state index in [2.05, 4.69) is 4.74 Å². The second-order valence-electron chi connectivity index (χ2n) is 1.85. The summed E-state index contributed by atoms with van der Waals surface area (Å²) in [4.78, 5) is 20.4. The number of methoxy groups -OCH3 is 1. The highest BCUT2D eigenvalue weighted by molar-refractivity contribution is 5.76. The molecule has 3 heteroatoms. The standard InChI is InChI=1S/C7H10O3/c1-6(5-8)3-4-7(9)10-2/h3,5H,4H2,1-2H3/b6-3+. The third-order valence-electron chi connectivity index (χ3n) is 1.00. The van der Waals surface area contributed by atoms with Crippen molar-refractivity contribution in [1.82, 2.24) is 0 Å². The molecule has 0 amide bonds. The SMILES string of the molecule is COC(=O)C/C=C(\C)C=O. The number of carbonyl (C=O) groups is 2. The molecule has 0 aliphatic carbocycles. The van der Waals surface area contributed by atoms with Gasteiger partial charge < -0.3 is 4.74 Å². The van der Waals surface area contributed by atoms with Crippen molar-refractivity contribution in [3.63, 3.8) is 0 Å². The van der Waals surface area contributed by atoms with Gasteiger partial charge in [0.15, 0.2) is 0 Å². The van der Waals surface area contributed by atoms with Gasteiger partial charge >= 0.3 is 5.97 Å². The van der Waals surface area contributed by atoms with Crippen LogP contribution in [0.5, 0.6) is 0 Å². The lowest BCUT2D eigenvalue weighted by atomic mass is 10.3. The Bertz CT molecular complexity index is 158. The van der Waals surface area contributed by atoms with Gasteiger partial charge in [0.2, 0.25) is 0 Å². The summed E-state index contributed by atoms with van der Waals surface area (Å²) in [5.74, 6) is -0.332. The molecule has 0 aliphatic heterocycles. The molecule has 0 aromatic heterocycles. The van der Waals surface area contributed by atoms with Crippen molar-refractivity contribution >= 4 is 12.3 Å². The van der Waals surface area contributed by atoms with Crippen LogP contribution in [0.3, 0.4) is 0 Å². The summed E-state index contributed by atoms with van der Waals surface area (Å²) in [6.45, 7) is 1.63. The molecule has 0 bridgehead atoms. The van der Waals surface area contributed by atoms with Crippen molar-refractivity contribution in [3.8, 4) is 0 Å². The molecule has 10 heavy (non-hydrogen) atoms. The fourth-order valence-electron chi connectivity index (χ4n) is 0.376. The first-order valence-corrected chi connectivity index (χ1v) is 2.89. The highest BCUT2D eigenvalue weighted by Crippen LogP contribution is 1.92. The van der Waals surface area contributed by atoms with Gasteiger partial charge in [-0.2, -0.15) is 0 Å². The summed E-state index contributed by atoms with van der Waals surface area (Å²) in [6.07, 6.45) is 2.39. The normalized spacial score (nSPS) is 10.8. The molecule has 0 saturated heterocycles. The van der Waals surface area contributed by atoms with E-state index in [1.54, 1.807) is 6.92 Å². The second-order valence-corrected chi connectivity index (χ2v) is 1.85. The van der Waals surface area contributed by atoms with Crippen LogP contribution < -0.4 is 0 Å². The minimum Gasteiger partial charge on any atom is -0.469 e. The van der Waals surface area contributed by atoms with Crippen LogP contribution in [0.4, 0.5) is 0 Å². The van der Waals surface area contributed by atoms with E-state index in [0.717, 1.165) is 0 Å². The molecule has 0 unspecified atom stereocenters. The van der Waals surface area contributed by atoms with Gasteiger partial charge in [0.05, 0.1) is 13.5 Å². The van der Waals surface area contributed by atoms with Crippen LogP contribution in [0.25, 0.3) is 0 Å². The van der Waals surface area contributed by atoms with E-state index in [4.69, 9.17) is 0 Å². The molecule has 0 aromatic rings. The van der Waals surface area contributed by atoms with Crippen molar-refractivity contribution < 1.29 is 14.3 Å². The van der Waals surface area contributed by atoms with Gasteiger partial charge in [-0.05, 0) is 12.5 Å². The minimum absolute atomic E-state index is 0.168. The van der Waals surface area contributed by atoms with Crippen molar-refractivity contribution in [3.05, 3.63) is 11.6 Å². The molecule has 0 aromatic carbocycles. The maximum atomic E-state index is 10.4. The number of hydrogen-bond acceptors (Lipinski definition) is 3. The molecular formula is C7H10O3. The third kappa shape index (κ3) is 3.83. The number of aldehydes is 1. The van der Waals surface area contributed by atoms with Crippen molar-refractivity contribution in [2.45, 2.75) is 13.3 Å². The van der Waals surface area contributed by atoms with Crippen molar-refractivity contribution in [1.29, 1.82) is 0 Å². The van der Waals surface area contributed by atoms with E-state index in [1.165, 1.54) is 13.2 Å².